The van der Waals surface area contributed by atoms with Crippen molar-refractivity contribution in [2.45, 2.75) is 19.4 Å². The van der Waals surface area contributed by atoms with Crippen LogP contribution in [0.15, 0.2) is 53.5 Å². The maximum Gasteiger partial charge on any atom is 0.280 e. The largest absolute Gasteiger partial charge is 0.290 e. The summed E-state index contributed by atoms with van der Waals surface area (Å²) in [5, 5.41) is 0.888. The molecule has 0 saturated carbocycles. The minimum atomic E-state index is -0.0703. The smallest absolute Gasteiger partial charge is 0.280 e. The highest BCUT2D eigenvalue weighted by Crippen LogP contribution is 2.10. The molecule has 0 aliphatic carbocycles. The molecule has 0 atom stereocenters. The molecule has 112 valence electrons. The average molecular weight is 358 g/mol. The quantitative estimate of drug-likeness (QED) is 0.659. The van der Waals surface area contributed by atoms with Crippen molar-refractivity contribution < 1.29 is 0 Å². The van der Waals surface area contributed by atoms with E-state index in [1.807, 2.05) is 42.5 Å². The van der Waals surface area contributed by atoms with E-state index in [0.29, 0.717) is 17.6 Å². The fourth-order valence-electron chi connectivity index (χ4n) is 2.44. The Bertz CT molecular complexity index is 830. The molecule has 0 unspecified atom stereocenters. The Morgan fingerprint density at radius 2 is 1.91 bits per heavy atom. The van der Waals surface area contributed by atoms with Gasteiger partial charge in [-0.3, -0.25) is 9.36 Å². The van der Waals surface area contributed by atoms with E-state index in [-0.39, 0.29) is 5.56 Å². The van der Waals surface area contributed by atoms with Crippen molar-refractivity contribution >= 4 is 27.0 Å². The first-order valence-corrected chi connectivity index (χ1v) is 8.36. The molecule has 22 heavy (non-hydrogen) atoms. The first kappa shape index (κ1) is 14.9. The van der Waals surface area contributed by atoms with Crippen LogP contribution in [0.1, 0.15) is 17.8 Å². The molecule has 0 aliphatic heterocycles. The maximum atomic E-state index is 12.8. The maximum absolute atomic E-state index is 12.8. The fraction of sp³-hybridized carbons (Fsp3) is 0.235. The average Bonchev–Trinajstić information content (AvgIpc) is 2.57. The third kappa shape index (κ3) is 3.09. The minimum Gasteiger partial charge on any atom is -0.290 e. The number of aryl methyl sites for hydroxylation is 1. The van der Waals surface area contributed by atoms with Crippen LogP contribution in [0.5, 0.6) is 0 Å². The molecule has 0 amide bonds. The fourth-order valence-corrected chi connectivity index (χ4v) is 2.72. The van der Waals surface area contributed by atoms with Gasteiger partial charge in [0.2, 0.25) is 0 Å². The number of benzene rings is 1. The summed E-state index contributed by atoms with van der Waals surface area (Å²) in [7, 11) is 0. The standard InChI is InChI=1S/C17H16BrN3O/c18-10-4-9-15-20-14-8-5-11-19-16(14)17(22)21(15)12-13-6-2-1-3-7-13/h1-3,5-8,11H,4,9-10,12H2. The van der Waals surface area contributed by atoms with Crippen LogP contribution in [-0.4, -0.2) is 19.9 Å². The van der Waals surface area contributed by atoms with Crippen molar-refractivity contribution in [3.63, 3.8) is 0 Å². The third-order valence-corrected chi connectivity index (χ3v) is 4.07. The van der Waals surface area contributed by atoms with E-state index < -0.39 is 0 Å². The number of fused-ring (bicyclic) bond motifs is 1. The summed E-state index contributed by atoms with van der Waals surface area (Å²) in [5.74, 6) is 0.814. The Kier molecular flexibility index (Phi) is 4.63. The number of hydrogen-bond acceptors (Lipinski definition) is 3. The lowest BCUT2D eigenvalue weighted by Gasteiger charge is -2.13. The highest BCUT2D eigenvalue weighted by Gasteiger charge is 2.11. The zero-order valence-corrected chi connectivity index (χ0v) is 13.7. The molecular formula is C17H16BrN3O. The van der Waals surface area contributed by atoms with E-state index in [2.05, 4.69) is 25.9 Å². The number of pyridine rings is 1. The lowest BCUT2D eigenvalue weighted by Crippen LogP contribution is -2.26. The molecule has 0 fully saturated rings. The highest BCUT2D eigenvalue weighted by molar-refractivity contribution is 9.09. The van der Waals surface area contributed by atoms with Gasteiger partial charge < -0.3 is 0 Å². The zero-order valence-electron chi connectivity index (χ0n) is 12.1. The van der Waals surface area contributed by atoms with Gasteiger partial charge in [-0.25, -0.2) is 9.97 Å². The van der Waals surface area contributed by atoms with E-state index in [4.69, 9.17) is 0 Å². The molecule has 5 heteroatoms. The molecule has 4 nitrogen and oxygen atoms in total. The van der Waals surface area contributed by atoms with Gasteiger partial charge in [-0.05, 0) is 24.1 Å². The second kappa shape index (κ2) is 6.83. The van der Waals surface area contributed by atoms with Crippen molar-refractivity contribution in [3.8, 4) is 0 Å². The van der Waals surface area contributed by atoms with Crippen molar-refractivity contribution in [2.24, 2.45) is 0 Å². The molecule has 0 N–H and O–H groups in total. The van der Waals surface area contributed by atoms with Gasteiger partial charge in [0, 0.05) is 17.9 Å². The molecule has 3 rings (SSSR count). The van der Waals surface area contributed by atoms with E-state index in [1.54, 1.807) is 10.8 Å². The second-order valence-electron chi connectivity index (χ2n) is 5.07. The molecule has 0 bridgehead atoms. The number of nitrogens with zero attached hydrogens (tertiary/aromatic N) is 3. The molecule has 1 aromatic carbocycles. The SMILES string of the molecule is O=c1c2ncccc2nc(CCCBr)n1Cc1ccccc1. The van der Waals surface area contributed by atoms with Crippen LogP contribution in [0.2, 0.25) is 0 Å². The van der Waals surface area contributed by atoms with Gasteiger partial charge in [0.25, 0.3) is 5.56 Å². The van der Waals surface area contributed by atoms with Gasteiger partial charge in [-0.15, -0.1) is 0 Å². The summed E-state index contributed by atoms with van der Waals surface area (Å²) in [6.07, 6.45) is 3.33. The molecule has 0 aliphatic rings. The normalized spacial score (nSPS) is 11.0. The molecule has 2 aromatic heterocycles. The lowest BCUT2D eigenvalue weighted by atomic mass is 10.2. The summed E-state index contributed by atoms with van der Waals surface area (Å²) in [4.78, 5) is 21.6. The molecule has 0 saturated heterocycles. The molecular weight excluding hydrogens is 342 g/mol. The molecule has 2 heterocycles. The Balaban J connectivity index is 2.12. The third-order valence-electron chi connectivity index (χ3n) is 3.51. The number of aromatic nitrogens is 3. The highest BCUT2D eigenvalue weighted by atomic mass is 79.9. The van der Waals surface area contributed by atoms with Crippen LogP contribution in [0.25, 0.3) is 11.0 Å². The first-order chi connectivity index (χ1) is 10.8. The number of hydrogen-bond donors (Lipinski definition) is 0. The van der Waals surface area contributed by atoms with Gasteiger partial charge in [0.15, 0.2) is 5.52 Å². The predicted molar refractivity (Wildman–Crippen MR) is 91.5 cm³/mol. The Morgan fingerprint density at radius 1 is 1.09 bits per heavy atom. The molecule has 0 spiro atoms. The van der Waals surface area contributed by atoms with E-state index in [9.17, 15) is 4.79 Å². The van der Waals surface area contributed by atoms with E-state index in [0.717, 1.165) is 29.6 Å². The Hall–Kier alpha value is -2.01. The van der Waals surface area contributed by atoms with Crippen molar-refractivity contribution in [1.82, 2.24) is 14.5 Å². The lowest BCUT2D eigenvalue weighted by molar-refractivity contribution is 0.666. The van der Waals surface area contributed by atoms with Crippen LogP contribution in [0.4, 0.5) is 0 Å². The van der Waals surface area contributed by atoms with Crippen molar-refractivity contribution in [1.29, 1.82) is 0 Å². The molecule has 3 aromatic rings. The summed E-state index contributed by atoms with van der Waals surface area (Å²) in [6.45, 7) is 0.525. The van der Waals surface area contributed by atoms with Gasteiger partial charge in [0.1, 0.15) is 5.82 Å². The van der Waals surface area contributed by atoms with E-state index in [1.165, 1.54) is 0 Å². The van der Waals surface area contributed by atoms with Crippen LogP contribution >= 0.6 is 15.9 Å². The Labute approximate surface area is 137 Å². The van der Waals surface area contributed by atoms with Crippen molar-refractivity contribution in [3.05, 3.63) is 70.4 Å². The number of halogens is 1. The predicted octanol–water partition coefficient (Wildman–Crippen LogP) is 3.17. The van der Waals surface area contributed by atoms with Crippen LogP contribution in [0.3, 0.4) is 0 Å². The van der Waals surface area contributed by atoms with Gasteiger partial charge >= 0.3 is 0 Å². The monoisotopic (exact) mass is 357 g/mol. The van der Waals surface area contributed by atoms with Gasteiger partial charge in [0.05, 0.1) is 12.1 Å². The first-order valence-electron chi connectivity index (χ1n) is 7.24. The summed E-state index contributed by atoms with van der Waals surface area (Å²) < 4.78 is 1.74. The number of rotatable bonds is 5. The van der Waals surface area contributed by atoms with Gasteiger partial charge in [-0.1, -0.05) is 46.3 Å². The molecule has 0 radical (unpaired) electrons. The minimum absolute atomic E-state index is 0.0703. The van der Waals surface area contributed by atoms with Crippen LogP contribution in [0, 0.1) is 0 Å². The van der Waals surface area contributed by atoms with Crippen LogP contribution in [-0.2, 0) is 13.0 Å². The van der Waals surface area contributed by atoms with Crippen molar-refractivity contribution in [2.75, 3.05) is 5.33 Å². The number of alkyl halides is 1. The summed E-state index contributed by atoms with van der Waals surface area (Å²) in [5.41, 5.74) is 2.11. The van der Waals surface area contributed by atoms with E-state index >= 15 is 0 Å². The second-order valence-corrected chi connectivity index (χ2v) is 5.86. The van der Waals surface area contributed by atoms with Crippen LogP contribution < -0.4 is 5.56 Å². The zero-order chi connectivity index (χ0) is 15.4. The summed E-state index contributed by atoms with van der Waals surface area (Å²) in [6, 6.07) is 13.6. The summed E-state index contributed by atoms with van der Waals surface area (Å²) >= 11 is 3.44. The Morgan fingerprint density at radius 3 is 2.68 bits per heavy atom. The topological polar surface area (TPSA) is 47.8 Å². The van der Waals surface area contributed by atoms with Gasteiger partial charge in [-0.2, -0.15) is 0 Å².